The van der Waals surface area contributed by atoms with Gasteiger partial charge in [-0.25, -0.2) is 9.59 Å². The van der Waals surface area contributed by atoms with Crippen LogP contribution in [0.3, 0.4) is 0 Å². The van der Waals surface area contributed by atoms with Gasteiger partial charge in [0, 0.05) is 30.5 Å². The summed E-state index contributed by atoms with van der Waals surface area (Å²) in [7, 11) is 0. The highest BCUT2D eigenvalue weighted by Crippen LogP contribution is 2.21. The molecule has 0 spiro atoms. The molecule has 0 saturated carbocycles. The molecule has 2 aromatic heterocycles. The lowest BCUT2D eigenvalue weighted by Gasteiger charge is -2.26. The molecule has 2 heterocycles. The van der Waals surface area contributed by atoms with E-state index in [1.54, 1.807) is 0 Å². The van der Waals surface area contributed by atoms with Crippen molar-refractivity contribution in [2.45, 2.75) is 13.3 Å². The fraction of sp³-hybridized carbons (Fsp3) is 0.167. The first-order valence-electron chi connectivity index (χ1n) is 7.74. The Bertz CT molecular complexity index is 834. The predicted octanol–water partition coefficient (Wildman–Crippen LogP) is 2.87. The van der Waals surface area contributed by atoms with Gasteiger partial charge in [-0.1, -0.05) is 25.1 Å². The van der Waals surface area contributed by atoms with Crippen molar-refractivity contribution in [3.63, 3.8) is 0 Å². The molecule has 25 heavy (non-hydrogen) atoms. The normalized spacial score (nSPS) is 9.96. The molecule has 3 aromatic rings. The van der Waals surface area contributed by atoms with E-state index in [9.17, 15) is 0 Å². The topological polar surface area (TPSA) is 95.7 Å². The summed E-state index contributed by atoms with van der Waals surface area (Å²) < 4.78 is 2.22. The van der Waals surface area contributed by atoms with Gasteiger partial charge in [-0.15, -0.1) is 0 Å². The molecule has 0 aliphatic heterocycles. The zero-order chi connectivity index (χ0) is 18.2. The maximum absolute atomic E-state index is 9.10. The number of benzene rings is 1. The van der Waals surface area contributed by atoms with Crippen molar-refractivity contribution in [2.75, 3.05) is 11.6 Å². The Kier molecular flexibility index (Phi) is 6.11. The summed E-state index contributed by atoms with van der Waals surface area (Å²) in [4.78, 5) is 22.3. The number of hydrogen-bond donors (Lipinski definition) is 2. The van der Waals surface area contributed by atoms with E-state index >= 15 is 0 Å². The number of carboxylic acids is 2. The van der Waals surface area contributed by atoms with Crippen LogP contribution >= 0.6 is 0 Å². The highest BCUT2D eigenvalue weighted by atomic mass is 16.4. The summed E-state index contributed by atoms with van der Waals surface area (Å²) in [5.41, 5.74) is 2.39. The average Bonchev–Trinajstić information content (AvgIpc) is 3.05. The number of hydrogen-bond acceptors (Lipinski definition) is 4. The van der Waals surface area contributed by atoms with E-state index in [0.29, 0.717) is 0 Å². The second kappa shape index (κ2) is 8.49. The lowest BCUT2D eigenvalue weighted by molar-refractivity contribution is -0.159. The third-order valence-electron chi connectivity index (χ3n) is 3.42. The number of anilines is 1. The summed E-state index contributed by atoms with van der Waals surface area (Å²) in [5, 5.41) is 18.3. The lowest BCUT2D eigenvalue weighted by atomic mass is 10.2. The van der Waals surface area contributed by atoms with Crippen LogP contribution in [0.4, 0.5) is 5.69 Å². The molecule has 3 rings (SSSR count). The molecular weight excluding hydrogens is 322 g/mol. The number of nitrogens with zero attached hydrogens (tertiary/aromatic N) is 3. The van der Waals surface area contributed by atoms with Gasteiger partial charge in [0.25, 0.3) is 0 Å². The molecule has 0 bridgehead atoms. The molecule has 0 unspecified atom stereocenters. The minimum atomic E-state index is -1.82. The molecule has 130 valence electrons. The number of aromatic nitrogens is 2. The summed E-state index contributed by atoms with van der Waals surface area (Å²) in [6.07, 6.45) is 6.89. The van der Waals surface area contributed by atoms with Crippen LogP contribution in [0.2, 0.25) is 0 Å². The highest BCUT2D eigenvalue weighted by Gasteiger charge is 2.09. The number of rotatable bonds is 4. The molecule has 1 aromatic carbocycles. The Labute approximate surface area is 144 Å². The SMILES string of the molecule is CCCN(c1ccncc1)n1ccc2ccccc21.O=C(O)C(=O)O. The van der Waals surface area contributed by atoms with Crippen molar-refractivity contribution in [3.8, 4) is 0 Å². The quantitative estimate of drug-likeness (QED) is 0.709. The summed E-state index contributed by atoms with van der Waals surface area (Å²) in [6.45, 7) is 3.17. The molecule has 0 saturated heterocycles. The number of pyridine rings is 1. The number of aliphatic carboxylic acids is 2. The van der Waals surface area contributed by atoms with Gasteiger partial charge in [0.2, 0.25) is 0 Å². The molecule has 7 nitrogen and oxygen atoms in total. The van der Waals surface area contributed by atoms with E-state index in [0.717, 1.165) is 13.0 Å². The van der Waals surface area contributed by atoms with Crippen molar-refractivity contribution in [1.82, 2.24) is 9.66 Å². The van der Waals surface area contributed by atoms with Crippen LogP contribution in [-0.4, -0.2) is 38.4 Å². The summed E-state index contributed by atoms with van der Waals surface area (Å²) >= 11 is 0. The maximum atomic E-state index is 9.10. The van der Waals surface area contributed by atoms with Crippen LogP contribution in [0, 0.1) is 0 Å². The van der Waals surface area contributed by atoms with Gasteiger partial charge >= 0.3 is 11.9 Å². The van der Waals surface area contributed by atoms with Gasteiger partial charge in [0.05, 0.1) is 11.2 Å². The van der Waals surface area contributed by atoms with Gasteiger partial charge in [-0.05, 0) is 30.7 Å². The van der Waals surface area contributed by atoms with Crippen LogP contribution in [-0.2, 0) is 9.59 Å². The molecule has 0 atom stereocenters. The molecule has 0 radical (unpaired) electrons. The van der Waals surface area contributed by atoms with Crippen LogP contribution in [0.25, 0.3) is 10.9 Å². The first-order valence-corrected chi connectivity index (χ1v) is 7.74. The predicted molar refractivity (Wildman–Crippen MR) is 94.5 cm³/mol. The number of fused-ring (bicyclic) bond motifs is 1. The van der Waals surface area contributed by atoms with E-state index in [1.165, 1.54) is 16.6 Å². The molecule has 0 amide bonds. The minimum Gasteiger partial charge on any atom is -0.473 e. The summed E-state index contributed by atoms with van der Waals surface area (Å²) in [5.74, 6) is -3.65. The molecule has 7 heteroatoms. The monoisotopic (exact) mass is 341 g/mol. The average molecular weight is 341 g/mol. The van der Waals surface area contributed by atoms with E-state index < -0.39 is 11.9 Å². The molecule has 0 aliphatic rings. The number of para-hydroxylation sites is 1. The van der Waals surface area contributed by atoms with Gasteiger partial charge in [-0.3, -0.25) is 14.7 Å². The van der Waals surface area contributed by atoms with Crippen molar-refractivity contribution >= 4 is 28.5 Å². The van der Waals surface area contributed by atoms with Crippen molar-refractivity contribution < 1.29 is 19.8 Å². The third-order valence-corrected chi connectivity index (χ3v) is 3.42. The Morgan fingerprint density at radius 3 is 2.28 bits per heavy atom. The van der Waals surface area contributed by atoms with Gasteiger partial charge in [0.15, 0.2) is 0 Å². The van der Waals surface area contributed by atoms with E-state index in [4.69, 9.17) is 19.8 Å². The second-order valence-electron chi connectivity index (χ2n) is 5.16. The Morgan fingerprint density at radius 1 is 1.04 bits per heavy atom. The first kappa shape index (κ1) is 18.0. The van der Waals surface area contributed by atoms with Crippen molar-refractivity contribution in [2.24, 2.45) is 0 Å². The standard InChI is InChI=1S/C16H17N3.C2H2O4/c1-2-12-18(15-7-10-17-11-8-15)19-13-9-14-5-3-4-6-16(14)19;3-1(4)2(5)6/h3-11,13H,2,12H2,1H3;(H,3,4)(H,5,6). The lowest BCUT2D eigenvalue weighted by Crippen LogP contribution is -2.29. The minimum absolute atomic E-state index is 0.975. The summed E-state index contributed by atoms with van der Waals surface area (Å²) in [6, 6.07) is 14.7. The highest BCUT2D eigenvalue weighted by molar-refractivity contribution is 6.27. The van der Waals surface area contributed by atoms with Gasteiger partial charge in [0.1, 0.15) is 0 Å². The largest absolute Gasteiger partial charge is 0.473 e. The first-order chi connectivity index (χ1) is 12.0. The Hall–Kier alpha value is -3.35. The van der Waals surface area contributed by atoms with Crippen molar-refractivity contribution in [1.29, 1.82) is 0 Å². The smallest absolute Gasteiger partial charge is 0.414 e. The zero-order valence-corrected chi connectivity index (χ0v) is 13.7. The third kappa shape index (κ3) is 4.57. The Morgan fingerprint density at radius 2 is 1.68 bits per heavy atom. The molecule has 2 N–H and O–H groups in total. The van der Waals surface area contributed by atoms with Gasteiger partial charge < -0.3 is 10.2 Å². The fourth-order valence-corrected chi connectivity index (χ4v) is 2.37. The van der Waals surface area contributed by atoms with Crippen LogP contribution in [0.1, 0.15) is 13.3 Å². The van der Waals surface area contributed by atoms with E-state index in [1.807, 2.05) is 24.5 Å². The van der Waals surface area contributed by atoms with Crippen LogP contribution in [0.5, 0.6) is 0 Å². The fourth-order valence-electron chi connectivity index (χ4n) is 2.37. The van der Waals surface area contributed by atoms with E-state index in [-0.39, 0.29) is 0 Å². The Balaban J connectivity index is 0.000000326. The maximum Gasteiger partial charge on any atom is 0.414 e. The molecule has 0 aliphatic carbocycles. The molecular formula is C18H19N3O4. The van der Waals surface area contributed by atoms with Crippen LogP contribution in [0.15, 0.2) is 61.1 Å². The van der Waals surface area contributed by atoms with Gasteiger partial charge in [-0.2, -0.15) is 0 Å². The van der Waals surface area contributed by atoms with Crippen molar-refractivity contribution in [3.05, 3.63) is 61.1 Å². The zero-order valence-electron chi connectivity index (χ0n) is 13.7. The second-order valence-corrected chi connectivity index (χ2v) is 5.16. The number of carbonyl (C=O) groups is 2. The van der Waals surface area contributed by atoms with E-state index in [2.05, 4.69) is 58.1 Å². The molecule has 0 fully saturated rings. The van der Waals surface area contributed by atoms with Crippen LogP contribution < -0.4 is 5.01 Å². The number of carboxylic acid groups (broad SMARTS) is 2.